The van der Waals surface area contributed by atoms with Gasteiger partial charge in [-0.15, -0.1) is 0 Å². The van der Waals surface area contributed by atoms with Gasteiger partial charge in [-0.25, -0.2) is 0 Å². The van der Waals surface area contributed by atoms with Gasteiger partial charge in [-0.3, -0.25) is 4.79 Å². The summed E-state index contributed by atoms with van der Waals surface area (Å²) in [6.07, 6.45) is 7.05. The van der Waals surface area contributed by atoms with Gasteiger partial charge in [0.2, 0.25) is 0 Å². The maximum atomic E-state index is 13.3. The largest absolute Gasteiger partial charge is 0.289 e. The summed E-state index contributed by atoms with van der Waals surface area (Å²) in [6.45, 7) is 11.1. The predicted molar refractivity (Wildman–Crippen MR) is 120 cm³/mol. The van der Waals surface area contributed by atoms with Crippen molar-refractivity contribution >= 4 is 17.9 Å². The van der Waals surface area contributed by atoms with Crippen LogP contribution in [-0.4, -0.2) is 5.78 Å². The van der Waals surface area contributed by atoms with Crippen LogP contribution < -0.4 is 0 Å². The van der Waals surface area contributed by atoms with Crippen molar-refractivity contribution in [2.75, 3.05) is 0 Å². The van der Waals surface area contributed by atoms with Crippen LogP contribution in [0.15, 0.2) is 59.7 Å². The zero-order valence-electron chi connectivity index (χ0n) is 17.9. The van der Waals surface area contributed by atoms with E-state index in [1.807, 2.05) is 0 Å². The highest BCUT2D eigenvalue weighted by atomic mass is 16.1. The van der Waals surface area contributed by atoms with E-state index in [9.17, 15) is 4.79 Å². The Labute approximate surface area is 170 Å². The monoisotopic (exact) mass is 372 g/mol. The third kappa shape index (κ3) is 4.70. The first kappa shape index (κ1) is 20.3. The summed E-state index contributed by atoms with van der Waals surface area (Å²) in [5, 5.41) is 0. The SMILES string of the molecule is CCC(C)(C)C1C/C(=C\c2cccc(C)c2)C(=O)/C(=C/c2cccc(C)c2)C1. The second-order valence-corrected chi connectivity index (χ2v) is 8.94. The molecule has 3 rings (SSSR count). The molecule has 0 heterocycles. The third-order valence-corrected chi connectivity index (χ3v) is 6.30. The number of hydrogen-bond donors (Lipinski definition) is 0. The highest BCUT2D eigenvalue weighted by Crippen LogP contribution is 2.43. The molecule has 2 aromatic rings. The average molecular weight is 373 g/mol. The van der Waals surface area contributed by atoms with Crippen LogP contribution in [-0.2, 0) is 4.79 Å². The summed E-state index contributed by atoms with van der Waals surface area (Å²) >= 11 is 0. The molecular formula is C27H32O. The summed E-state index contributed by atoms with van der Waals surface area (Å²) in [6, 6.07) is 16.8. The molecule has 0 radical (unpaired) electrons. The molecule has 0 bridgehead atoms. The van der Waals surface area contributed by atoms with E-state index in [-0.39, 0.29) is 11.2 Å². The smallest absolute Gasteiger partial charge is 0.185 e. The molecule has 0 atom stereocenters. The lowest BCUT2D eigenvalue weighted by atomic mass is 9.66. The molecule has 1 nitrogen and oxygen atoms in total. The quantitative estimate of drug-likeness (QED) is 0.519. The van der Waals surface area contributed by atoms with E-state index in [1.165, 1.54) is 11.1 Å². The standard InChI is InChI=1S/C27H32O/c1-6-27(4,5)25-17-23(15-21-11-7-9-19(2)13-21)26(28)24(18-25)16-22-12-8-10-20(3)14-22/h7-16,25H,6,17-18H2,1-5H3/b23-15+,24-16+. The topological polar surface area (TPSA) is 17.1 Å². The molecule has 0 N–H and O–H groups in total. The Hall–Kier alpha value is -2.41. The first-order valence-corrected chi connectivity index (χ1v) is 10.4. The zero-order chi connectivity index (χ0) is 20.3. The Bertz CT molecular complexity index is 859. The van der Waals surface area contributed by atoms with Gasteiger partial charge in [0.05, 0.1) is 0 Å². The van der Waals surface area contributed by atoms with Crippen molar-refractivity contribution < 1.29 is 4.79 Å². The van der Waals surface area contributed by atoms with Crippen LogP contribution in [0.4, 0.5) is 0 Å². The number of carbonyl (C=O) groups is 1. The van der Waals surface area contributed by atoms with Crippen LogP contribution in [0.25, 0.3) is 12.2 Å². The number of benzene rings is 2. The van der Waals surface area contributed by atoms with Crippen LogP contribution in [0, 0.1) is 25.2 Å². The van der Waals surface area contributed by atoms with Gasteiger partial charge < -0.3 is 0 Å². The van der Waals surface area contributed by atoms with E-state index in [4.69, 9.17) is 0 Å². The molecule has 1 aliphatic rings. The number of carbonyl (C=O) groups excluding carboxylic acids is 1. The van der Waals surface area contributed by atoms with Crippen LogP contribution in [0.2, 0.25) is 0 Å². The van der Waals surface area contributed by atoms with Crippen LogP contribution >= 0.6 is 0 Å². The molecule has 1 fully saturated rings. The summed E-state index contributed by atoms with van der Waals surface area (Å²) in [5.74, 6) is 0.688. The van der Waals surface area contributed by atoms with Crippen LogP contribution in [0.1, 0.15) is 62.3 Å². The van der Waals surface area contributed by atoms with Crippen molar-refractivity contribution in [2.24, 2.45) is 11.3 Å². The second kappa shape index (κ2) is 8.31. The summed E-state index contributed by atoms with van der Waals surface area (Å²) in [7, 11) is 0. The molecule has 1 saturated carbocycles. The fourth-order valence-electron chi connectivity index (χ4n) is 4.01. The van der Waals surface area contributed by atoms with Crippen molar-refractivity contribution in [1.29, 1.82) is 0 Å². The molecule has 146 valence electrons. The van der Waals surface area contributed by atoms with E-state index < -0.39 is 0 Å². The first-order valence-electron chi connectivity index (χ1n) is 10.4. The number of ketones is 1. The molecule has 0 spiro atoms. The van der Waals surface area contributed by atoms with E-state index in [1.54, 1.807) is 0 Å². The maximum Gasteiger partial charge on any atom is 0.185 e. The molecule has 0 aromatic heterocycles. The average Bonchev–Trinajstić information content (AvgIpc) is 2.65. The Morgan fingerprint density at radius 2 is 1.36 bits per heavy atom. The Morgan fingerprint density at radius 3 is 1.75 bits per heavy atom. The molecule has 0 unspecified atom stereocenters. The Morgan fingerprint density at radius 1 is 0.893 bits per heavy atom. The minimum Gasteiger partial charge on any atom is -0.289 e. The normalized spacial score (nSPS) is 20.8. The van der Waals surface area contributed by atoms with Gasteiger partial charge in [0, 0.05) is 11.1 Å². The predicted octanol–water partition coefficient (Wildman–Crippen LogP) is 7.19. The highest BCUT2D eigenvalue weighted by Gasteiger charge is 2.36. The molecule has 1 heteroatoms. The minimum absolute atomic E-state index is 0.206. The van der Waals surface area contributed by atoms with Gasteiger partial charge in [-0.05, 0) is 61.3 Å². The molecular weight excluding hydrogens is 340 g/mol. The number of rotatable bonds is 4. The van der Waals surface area contributed by atoms with Gasteiger partial charge >= 0.3 is 0 Å². The van der Waals surface area contributed by atoms with Gasteiger partial charge in [-0.2, -0.15) is 0 Å². The van der Waals surface area contributed by atoms with Gasteiger partial charge in [0.15, 0.2) is 5.78 Å². The Kier molecular flexibility index (Phi) is 6.03. The van der Waals surface area contributed by atoms with Crippen LogP contribution in [0.3, 0.4) is 0 Å². The molecule has 0 amide bonds. The maximum absolute atomic E-state index is 13.3. The van der Waals surface area contributed by atoms with E-state index >= 15 is 0 Å². The molecule has 28 heavy (non-hydrogen) atoms. The van der Waals surface area contributed by atoms with E-state index in [2.05, 4.69) is 95.3 Å². The molecule has 1 aliphatic carbocycles. The summed E-state index contributed by atoms with van der Waals surface area (Å²) in [4.78, 5) is 13.3. The number of Topliss-reactive ketones (excluding diaryl/α,β-unsaturated/α-hetero) is 1. The summed E-state index contributed by atoms with van der Waals surface area (Å²) in [5.41, 5.74) is 6.78. The molecule has 2 aromatic carbocycles. The first-order chi connectivity index (χ1) is 13.3. The fraction of sp³-hybridized carbons (Fsp3) is 0.370. The van der Waals surface area contributed by atoms with Crippen molar-refractivity contribution in [3.05, 3.63) is 81.9 Å². The lowest BCUT2D eigenvalue weighted by Crippen LogP contribution is -2.30. The summed E-state index contributed by atoms with van der Waals surface area (Å²) < 4.78 is 0. The van der Waals surface area contributed by atoms with Crippen LogP contribution in [0.5, 0.6) is 0 Å². The number of aryl methyl sites for hydroxylation is 2. The van der Waals surface area contributed by atoms with Crippen molar-refractivity contribution in [2.45, 2.75) is 53.9 Å². The second-order valence-electron chi connectivity index (χ2n) is 8.94. The van der Waals surface area contributed by atoms with Crippen molar-refractivity contribution in [1.82, 2.24) is 0 Å². The van der Waals surface area contributed by atoms with Gasteiger partial charge in [0.1, 0.15) is 0 Å². The van der Waals surface area contributed by atoms with Crippen molar-refractivity contribution in [3.8, 4) is 0 Å². The zero-order valence-corrected chi connectivity index (χ0v) is 17.9. The highest BCUT2D eigenvalue weighted by molar-refractivity contribution is 6.14. The lowest BCUT2D eigenvalue weighted by molar-refractivity contribution is -0.113. The number of hydrogen-bond acceptors (Lipinski definition) is 1. The van der Waals surface area contributed by atoms with Crippen molar-refractivity contribution in [3.63, 3.8) is 0 Å². The van der Waals surface area contributed by atoms with E-state index in [0.29, 0.717) is 5.92 Å². The minimum atomic E-state index is 0.206. The third-order valence-electron chi connectivity index (χ3n) is 6.30. The van der Waals surface area contributed by atoms with Gasteiger partial charge in [-0.1, -0.05) is 86.8 Å². The number of allylic oxidation sites excluding steroid dienone is 2. The Balaban J connectivity index is 2.03. The fourth-order valence-corrected chi connectivity index (χ4v) is 4.01. The van der Waals surface area contributed by atoms with Gasteiger partial charge in [0.25, 0.3) is 0 Å². The van der Waals surface area contributed by atoms with E-state index in [0.717, 1.165) is 41.5 Å². The molecule has 0 aliphatic heterocycles. The molecule has 0 saturated heterocycles. The lowest BCUT2D eigenvalue weighted by Gasteiger charge is -2.38.